The predicted octanol–water partition coefficient (Wildman–Crippen LogP) is 0.251. The smallest absolute Gasteiger partial charge is 0.326 e. The average molecular weight is 563 g/mol. The first-order chi connectivity index (χ1) is 18.4. The molecule has 0 aliphatic rings. The van der Waals surface area contributed by atoms with E-state index in [9.17, 15) is 29.1 Å². The van der Waals surface area contributed by atoms with Gasteiger partial charge in [0.25, 0.3) is 0 Å². The summed E-state index contributed by atoms with van der Waals surface area (Å²) in [5.74, 6) is -3.45. The zero-order valence-corrected chi connectivity index (χ0v) is 23.2. The summed E-state index contributed by atoms with van der Waals surface area (Å²) < 4.78 is 0. The molecule has 0 aliphatic heterocycles. The van der Waals surface area contributed by atoms with Gasteiger partial charge in [-0.3, -0.25) is 19.2 Å². The standard InChI is InChI=1S/C26H38N6O6S/c1-14(2)10-21(26(37)38)32-25(36)20(11-15-13-29-18-7-5-4-6-16(15)18)31-24(35)19(8-9-39-3)30-23(34)17(27)12-22(28)33/h4-7,13-14,17,19-21,29H,8-12,27H2,1-3H3,(H2,28,33)(H,30,34)(H,31,35)(H,32,36)(H,37,38). The lowest BCUT2D eigenvalue weighted by molar-refractivity contribution is -0.142. The van der Waals surface area contributed by atoms with Gasteiger partial charge in [-0.25, -0.2) is 4.79 Å². The van der Waals surface area contributed by atoms with Crippen molar-refractivity contribution in [3.8, 4) is 0 Å². The lowest BCUT2D eigenvalue weighted by atomic mass is 10.0. The van der Waals surface area contributed by atoms with Crippen LogP contribution in [-0.4, -0.2) is 75.9 Å². The van der Waals surface area contributed by atoms with Crippen molar-refractivity contribution < 1.29 is 29.1 Å². The number of rotatable bonds is 16. The third kappa shape index (κ3) is 9.91. The van der Waals surface area contributed by atoms with Crippen molar-refractivity contribution in [3.63, 3.8) is 0 Å². The Morgan fingerprint density at radius 1 is 0.974 bits per heavy atom. The lowest BCUT2D eigenvalue weighted by Crippen LogP contribution is -2.58. The Labute approximate surface area is 231 Å². The molecule has 0 fully saturated rings. The summed E-state index contributed by atoms with van der Waals surface area (Å²) in [4.78, 5) is 65.3. The van der Waals surface area contributed by atoms with Crippen LogP contribution in [0.4, 0.5) is 0 Å². The van der Waals surface area contributed by atoms with Gasteiger partial charge in [0.15, 0.2) is 0 Å². The minimum absolute atomic E-state index is 0.00352. The SMILES string of the molecule is CSCCC(NC(=O)C(N)CC(N)=O)C(=O)NC(Cc1c[nH]c2ccccc12)C(=O)NC(CC(C)C)C(=O)O. The van der Waals surface area contributed by atoms with E-state index in [1.54, 1.807) is 6.20 Å². The maximum atomic E-state index is 13.4. The monoisotopic (exact) mass is 562 g/mol. The third-order valence-electron chi connectivity index (χ3n) is 6.06. The number of carboxylic acid groups (broad SMARTS) is 1. The minimum Gasteiger partial charge on any atom is -0.480 e. The topological polar surface area (TPSA) is 209 Å². The van der Waals surface area contributed by atoms with E-state index in [0.29, 0.717) is 5.75 Å². The number of benzene rings is 1. The first kappa shape index (κ1) is 31.6. The van der Waals surface area contributed by atoms with Crippen LogP contribution >= 0.6 is 11.8 Å². The number of aliphatic carboxylic acids is 1. The molecule has 1 aromatic heterocycles. The highest BCUT2D eigenvalue weighted by atomic mass is 32.2. The van der Waals surface area contributed by atoms with E-state index in [4.69, 9.17) is 11.5 Å². The first-order valence-corrected chi connectivity index (χ1v) is 14.0. The number of carbonyl (C=O) groups excluding carboxylic acids is 4. The molecule has 1 aromatic carbocycles. The fraction of sp³-hybridized carbons (Fsp3) is 0.500. The van der Waals surface area contributed by atoms with Crippen molar-refractivity contribution in [1.82, 2.24) is 20.9 Å². The van der Waals surface area contributed by atoms with Crippen molar-refractivity contribution in [2.45, 2.75) is 63.7 Å². The van der Waals surface area contributed by atoms with Crippen molar-refractivity contribution in [2.75, 3.05) is 12.0 Å². The van der Waals surface area contributed by atoms with Gasteiger partial charge in [0, 0.05) is 23.5 Å². The Bertz CT molecular complexity index is 1170. The number of nitrogens with one attached hydrogen (secondary N) is 4. The Balaban J connectivity index is 2.31. The van der Waals surface area contributed by atoms with Crippen LogP contribution in [0.25, 0.3) is 10.9 Å². The second-order valence-corrected chi connectivity index (χ2v) is 10.8. The number of fused-ring (bicyclic) bond motifs is 1. The summed E-state index contributed by atoms with van der Waals surface area (Å²) in [7, 11) is 0. The number of hydrogen-bond donors (Lipinski definition) is 7. The van der Waals surface area contributed by atoms with Crippen molar-refractivity contribution in [1.29, 1.82) is 0 Å². The number of carbonyl (C=O) groups is 5. The van der Waals surface area contributed by atoms with Crippen LogP contribution in [0.5, 0.6) is 0 Å². The zero-order valence-electron chi connectivity index (χ0n) is 22.4. The van der Waals surface area contributed by atoms with Crippen LogP contribution in [0.1, 0.15) is 38.7 Å². The Morgan fingerprint density at radius 2 is 1.59 bits per heavy atom. The van der Waals surface area contributed by atoms with Crippen molar-refractivity contribution in [3.05, 3.63) is 36.0 Å². The molecule has 2 aromatic rings. The molecule has 12 nitrogen and oxygen atoms in total. The molecule has 39 heavy (non-hydrogen) atoms. The predicted molar refractivity (Wildman–Crippen MR) is 150 cm³/mol. The lowest BCUT2D eigenvalue weighted by Gasteiger charge is -2.25. The molecule has 0 aliphatic carbocycles. The Kier molecular flexibility index (Phi) is 12.3. The molecule has 0 saturated carbocycles. The van der Waals surface area contributed by atoms with E-state index in [1.807, 2.05) is 44.4 Å². The number of aromatic nitrogens is 1. The number of carboxylic acids is 1. The second kappa shape index (κ2) is 15.1. The van der Waals surface area contributed by atoms with Gasteiger partial charge in [-0.2, -0.15) is 11.8 Å². The normalized spacial score (nSPS) is 14.3. The molecule has 0 spiro atoms. The number of H-pyrrole nitrogens is 1. The van der Waals surface area contributed by atoms with Crippen LogP contribution in [0.2, 0.25) is 0 Å². The van der Waals surface area contributed by atoms with E-state index < -0.39 is 53.8 Å². The summed E-state index contributed by atoms with van der Waals surface area (Å²) in [6, 6.07) is 2.90. The average Bonchev–Trinajstić information content (AvgIpc) is 3.27. The van der Waals surface area contributed by atoms with E-state index in [-0.39, 0.29) is 31.6 Å². The fourth-order valence-corrected chi connectivity index (χ4v) is 4.53. The van der Waals surface area contributed by atoms with Crippen LogP contribution in [0, 0.1) is 5.92 Å². The van der Waals surface area contributed by atoms with Crippen LogP contribution < -0.4 is 27.4 Å². The van der Waals surface area contributed by atoms with Gasteiger partial charge in [0.1, 0.15) is 18.1 Å². The van der Waals surface area contributed by atoms with Gasteiger partial charge in [-0.15, -0.1) is 0 Å². The summed E-state index contributed by atoms with van der Waals surface area (Å²) in [6.07, 6.45) is 3.69. The third-order valence-corrected chi connectivity index (χ3v) is 6.70. The maximum Gasteiger partial charge on any atom is 0.326 e. The van der Waals surface area contributed by atoms with Gasteiger partial charge in [-0.1, -0.05) is 32.0 Å². The van der Waals surface area contributed by atoms with Gasteiger partial charge < -0.3 is 37.5 Å². The van der Waals surface area contributed by atoms with Crippen LogP contribution in [0.3, 0.4) is 0 Å². The molecule has 0 saturated heterocycles. The Hall–Kier alpha value is -3.58. The fourth-order valence-electron chi connectivity index (χ4n) is 4.06. The molecule has 0 radical (unpaired) electrons. The molecule has 214 valence electrons. The quantitative estimate of drug-likeness (QED) is 0.150. The second-order valence-electron chi connectivity index (χ2n) is 9.77. The molecule has 2 rings (SSSR count). The summed E-state index contributed by atoms with van der Waals surface area (Å²) >= 11 is 1.46. The molecular weight excluding hydrogens is 524 g/mol. The summed E-state index contributed by atoms with van der Waals surface area (Å²) in [5.41, 5.74) is 12.5. The highest BCUT2D eigenvalue weighted by Crippen LogP contribution is 2.19. The van der Waals surface area contributed by atoms with Crippen LogP contribution in [0.15, 0.2) is 30.5 Å². The van der Waals surface area contributed by atoms with Crippen molar-refractivity contribution in [2.24, 2.45) is 17.4 Å². The van der Waals surface area contributed by atoms with Crippen LogP contribution in [-0.2, 0) is 30.4 Å². The summed E-state index contributed by atoms with van der Waals surface area (Å²) in [5, 5.41) is 18.3. The van der Waals surface area contributed by atoms with Gasteiger partial charge in [0.2, 0.25) is 23.6 Å². The highest BCUT2D eigenvalue weighted by Gasteiger charge is 2.31. The van der Waals surface area contributed by atoms with E-state index >= 15 is 0 Å². The largest absolute Gasteiger partial charge is 0.480 e. The molecule has 4 amide bonds. The number of para-hydroxylation sites is 1. The van der Waals surface area contributed by atoms with Gasteiger partial charge in [0.05, 0.1) is 12.5 Å². The number of nitrogens with two attached hydrogens (primary N) is 2. The van der Waals surface area contributed by atoms with E-state index in [1.165, 1.54) is 11.8 Å². The molecular formula is C26H38N6O6S. The number of thioether (sulfide) groups is 1. The zero-order chi connectivity index (χ0) is 29.1. The highest BCUT2D eigenvalue weighted by molar-refractivity contribution is 7.98. The molecule has 4 unspecified atom stereocenters. The number of primary amides is 1. The maximum absolute atomic E-state index is 13.4. The molecule has 0 bridgehead atoms. The molecule has 4 atom stereocenters. The van der Waals surface area contributed by atoms with Gasteiger partial charge in [-0.05, 0) is 42.4 Å². The molecule has 1 heterocycles. The number of hydrogen-bond acceptors (Lipinski definition) is 7. The molecule has 9 N–H and O–H groups in total. The first-order valence-electron chi connectivity index (χ1n) is 12.6. The van der Waals surface area contributed by atoms with E-state index in [0.717, 1.165) is 16.5 Å². The Morgan fingerprint density at radius 3 is 2.21 bits per heavy atom. The number of amides is 4. The summed E-state index contributed by atoms with van der Waals surface area (Å²) in [6.45, 7) is 3.69. The van der Waals surface area contributed by atoms with E-state index in [2.05, 4.69) is 20.9 Å². The molecule has 13 heteroatoms. The number of aromatic amines is 1. The van der Waals surface area contributed by atoms with Crippen molar-refractivity contribution >= 4 is 52.3 Å². The van der Waals surface area contributed by atoms with Gasteiger partial charge >= 0.3 is 5.97 Å². The minimum atomic E-state index is -1.23.